The fraction of sp³-hybridized carbons (Fsp3) is 0.0909. The second kappa shape index (κ2) is 8.51. The standard InChI is InChI=1S/C22H14F3N7O/c1-13-8-14(15-2-4-16(10-26)27-11-15)3-5-18(13)21(33)31-17-9-19(22(23,24)25)20(28-12-17)32-29-6-7-30-32/h2-9,11-12H,1H3,(H,31,33). The first-order valence-corrected chi connectivity index (χ1v) is 9.49. The molecule has 3 heterocycles. The number of halogens is 3. The first kappa shape index (κ1) is 21.6. The lowest BCUT2D eigenvalue weighted by atomic mass is 10.0. The second-order valence-electron chi connectivity index (χ2n) is 6.94. The Labute approximate surface area is 185 Å². The van der Waals surface area contributed by atoms with Crippen molar-refractivity contribution in [3.8, 4) is 23.0 Å². The van der Waals surface area contributed by atoms with Crippen LogP contribution >= 0.6 is 0 Å². The van der Waals surface area contributed by atoms with Crippen LogP contribution in [0.5, 0.6) is 0 Å². The van der Waals surface area contributed by atoms with Crippen molar-refractivity contribution in [3.05, 3.63) is 83.6 Å². The predicted molar refractivity (Wildman–Crippen MR) is 111 cm³/mol. The number of nitrogens with one attached hydrogen (secondary N) is 1. The third-order valence-electron chi connectivity index (χ3n) is 4.72. The van der Waals surface area contributed by atoms with E-state index in [9.17, 15) is 18.0 Å². The van der Waals surface area contributed by atoms with Gasteiger partial charge in [0.05, 0.1) is 24.3 Å². The van der Waals surface area contributed by atoms with Gasteiger partial charge < -0.3 is 5.32 Å². The highest BCUT2D eigenvalue weighted by atomic mass is 19.4. The molecule has 0 radical (unpaired) electrons. The summed E-state index contributed by atoms with van der Waals surface area (Å²) < 4.78 is 40.7. The maximum Gasteiger partial charge on any atom is 0.420 e. The van der Waals surface area contributed by atoms with Crippen molar-refractivity contribution >= 4 is 11.6 Å². The molecule has 0 bridgehead atoms. The van der Waals surface area contributed by atoms with Crippen LogP contribution in [0.25, 0.3) is 16.9 Å². The van der Waals surface area contributed by atoms with E-state index in [4.69, 9.17) is 5.26 Å². The van der Waals surface area contributed by atoms with E-state index in [0.29, 0.717) is 5.56 Å². The summed E-state index contributed by atoms with van der Waals surface area (Å²) in [6.07, 6.45) is 0.393. The summed E-state index contributed by atoms with van der Waals surface area (Å²) in [6, 6.07) is 11.1. The summed E-state index contributed by atoms with van der Waals surface area (Å²) >= 11 is 0. The fourth-order valence-electron chi connectivity index (χ4n) is 3.15. The molecule has 0 saturated carbocycles. The van der Waals surface area contributed by atoms with Gasteiger partial charge >= 0.3 is 6.18 Å². The Hall–Kier alpha value is -4.59. The molecule has 1 N–H and O–H groups in total. The number of alkyl halides is 3. The Morgan fingerprint density at radius 1 is 1.03 bits per heavy atom. The quantitative estimate of drug-likeness (QED) is 0.501. The van der Waals surface area contributed by atoms with Crippen LogP contribution in [0, 0.1) is 18.3 Å². The van der Waals surface area contributed by atoms with E-state index in [1.54, 1.807) is 43.5 Å². The van der Waals surface area contributed by atoms with Crippen LogP contribution in [0.2, 0.25) is 0 Å². The first-order valence-electron chi connectivity index (χ1n) is 9.49. The molecular weight excluding hydrogens is 435 g/mol. The van der Waals surface area contributed by atoms with E-state index < -0.39 is 23.5 Å². The summed E-state index contributed by atoms with van der Waals surface area (Å²) in [5.41, 5.74) is 1.50. The van der Waals surface area contributed by atoms with E-state index in [0.717, 1.165) is 28.2 Å². The molecule has 0 unspecified atom stereocenters. The molecule has 33 heavy (non-hydrogen) atoms. The number of nitrogens with zero attached hydrogens (tertiary/aromatic N) is 6. The molecular formula is C22H14F3N7O. The molecule has 164 valence electrons. The monoisotopic (exact) mass is 449 g/mol. The number of hydrogen-bond acceptors (Lipinski definition) is 6. The number of rotatable bonds is 4. The van der Waals surface area contributed by atoms with Crippen LogP contribution in [-0.2, 0) is 6.18 Å². The van der Waals surface area contributed by atoms with Crippen molar-refractivity contribution in [1.82, 2.24) is 25.0 Å². The first-order chi connectivity index (χ1) is 15.8. The van der Waals surface area contributed by atoms with Crippen molar-refractivity contribution in [1.29, 1.82) is 5.26 Å². The molecule has 11 heteroatoms. The van der Waals surface area contributed by atoms with Crippen LogP contribution in [0.15, 0.2) is 61.2 Å². The third-order valence-corrected chi connectivity index (χ3v) is 4.72. The minimum absolute atomic E-state index is 0.122. The smallest absolute Gasteiger partial charge is 0.321 e. The topological polar surface area (TPSA) is 109 Å². The number of carbonyl (C=O) groups is 1. The van der Waals surface area contributed by atoms with Gasteiger partial charge in [-0.15, -0.1) is 4.80 Å². The van der Waals surface area contributed by atoms with Gasteiger partial charge in [0.15, 0.2) is 5.82 Å². The van der Waals surface area contributed by atoms with Crippen molar-refractivity contribution in [3.63, 3.8) is 0 Å². The van der Waals surface area contributed by atoms with Gasteiger partial charge in [-0.25, -0.2) is 9.97 Å². The SMILES string of the molecule is Cc1cc(-c2ccc(C#N)nc2)ccc1C(=O)Nc1cnc(-n2nccn2)c(C(F)(F)F)c1. The number of pyridine rings is 2. The average Bonchev–Trinajstić information content (AvgIpc) is 3.33. The van der Waals surface area contributed by atoms with Crippen LogP contribution in [0.4, 0.5) is 18.9 Å². The zero-order valence-corrected chi connectivity index (χ0v) is 17.0. The molecule has 4 aromatic rings. The largest absolute Gasteiger partial charge is 0.420 e. The minimum Gasteiger partial charge on any atom is -0.321 e. The van der Waals surface area contributed by atoms with Crippen molar-refractivity contribution in [2.75, 3.05) is 5.32 Å². The molecule has 1 aromatic carbocycles. The molecule has 0 atom stereocenters. The molecule has 0 aliphatic heterocycles. The van der Waals surface area contributed by atoms with Gasteiger partial charge in [0, 0.05) is 17.3 Å². The highest BCUT2D eigenvalue weighted by Crippen LogP contribution is 2.34. The van der Waals surface area contributed by atoms with E-state index in [-0.39, 0.29) is 16.9 Å². The van der Waals surface area contributed by atoms with Crippen molar-refractivity contribution in [2.45, 2.75) is 13.1 Å². The Morgan fingerprint density at radius 3 is 2.36 bits per heavy atom. The Bertz CT molecular complexity index is 1360. The van der Waals surface area contributed by atoms with Gasteiger partial charge in [0.25, 0.3) is 5.91 Å². The summed E-state index contributed by atoms with van der Waals surface area (Å²) in [5, 5.41) is 18.7. The molecule has 0 aliphatic carbocycles. The van der Waals surface area contributed by atoms with E-state index in [2.05, 4.69) is 25.5 Å². The van der Waals surface area contributed by atoms with Crippen LogP contribution < -0.4 is 5.32 Å². The number of amides is 1. The fourth-order valence-corrected chi connectivity index (χ4v) is 3.15. The summed E-state index contributed by atoms with van der Waals surface area (Å²) in [7, 11) is 0. The van der Waals surface area contributed by atoms with Crippen molar-refractivity contribution < 1.29 is 18.0 Å². The maximum absolute atomic E-state index is 13.6. The van der Waals surface area contributed by atoms with E-state index >= 15 is 0 Å². The van der Waals surface area contributed by atoms with Crippen molar-refractivity contribution in [2.24, 2.45) is 0 Å². The lowest BCUT2D eigenvalue weighted by Crippen LogP contribution is -2.17. The van der Waals surface area contributed by atoms with Gasteiger partial charge in [-0.05, 0) is 42.3 Å². The maximum atomic E-state index is 13.6. The molecule has 0 spiro atoms. The van der Waals surface area contributed by atoms with Gasteiger partial charge in [0.2, 0.25) is 0 Å². The third kappa shape index (κ3) is 4.54. The number of aromatic nitrogens is 5. The number of nitriles is 1. The van der Waals surface area contributed by atoms with Gasteiger partial charge in [-0.1, -0.05) is 12.1 Å². The number of anilines is 1. The van der Waals surface area contributed by atoms with Crippen LogP contribution in [0.1, 0.15) is 27.2 Å². The molecule has 8 nitrogen and oxygen atoms in total. The van der Waals surface area contributed by atoms with Gasteiger partial charge in [-0.3, -0.25) is 4.79 Å². The molecule has 0 saturated heterocycles. The number of carbonyl (C=O) groups excluding carboxylic acids is 1. The second-order valence-corrected chi connectivity index (χ2v) is 6.94. The summed E-state index contributed by atoms with van der Waals surface area (Å²) in [6.45, 7) is 1.71. The molecule has 4 rings (SSSR count). The highest BCUT2D eigenvalue weighted by Gasteiger charge is 2.36. The van der Waals surface area contributed by atoms with E-state index in [1.165, 1.54) is 12.4 Å². The number of aryl methyl sites for hydroxylation is 1. The van der Waals surface area contributed by atoms with Gasteiger partial charge in [0.1, 0.15) is 17.3 Å². The lowest BCUT2D eigenvalue weighted by Gasteiger charge is -2.14. The summed E-state index contributed by atoms with van der Waals surface area (Å²) in [4.78, 5) is 21.3. The molecule has 1 amide bonds. The predicted octanol–water partition coefficient (Wildman–Crippen LogP) is 4.18. The Balaban J connectivity index is 1.60. The highest BCUT2D eigenvalue weighted by molar-refractivity contribution is 6.05. The van der Waals surface area contributed by atoms with Crippen LogP contribution in [0.3, 0.4) is 0 Å². The summed E-state index contributed by atoms with van der Waals surface area (Å²) in [5.74, 6) is -1.08. The van der Waals surface area contributed by atoms with Crippen LogP contribution in [-0.4, -0.2) is 30.9 Å². The minimum atomic E-state index is -4.73. The zero-order chi connectivity index (χ0) is 23.6. The average molecular weight is 449 g/mol. The van der Waals surface area contributed by atoms with E-state index in [1.807, 2.05) is 6.07 Å². The Kier molecular flexibility index (Phi) is 5.58. The molecule has 0 fully saturated rings. The molecule has 3 aromatic heterocycles. The number of hydrogen-bond donors (Lipinski definition) is 1. The normalized spacial score (nSPS) is 11.1. The molecule has 0 aliphatic rings. The van der Waals surface area contributed by atoms with Gasteiger partial charge in [-0.2, -0.15) is 28.6 Å². The Morgan fingerprint density at radius 2 is 1.76 bits per heavy atom. The zero-order valence-electron chi connectivity index (χ0n) is 17.0. The lowest BCUT2D eigenvalue weighted by molar-refractivity contribution is -0.137. The number of benzene rings is 1.